The van der Waals surface area contributed by atoms with Gasteiger partial charge >= 0.3 is 0 Å². The molecule has 1 aromatic carbocycles. The Balaban J connectivity index is 2.53. The van der Waals surface area contributed by atoms with Crippen LogP contribution in [0.4, 0.5) is 4.39 Å². The monoisotopic (exact) mass is 221 g/mol. The van der Waals surface area contributed by atoms with Crippen LogP contribution in [-0.4, -0.2) is 11.7 Å². The minimum atomic E-state index is -0.669. The topological polar surface area (TPSA) is 55.5 Å². The SMILES string of the molecule is C=C1C=C(CCN)c2cc(F)c(O)cc2O1. The van der Waals surface area contributed by atoms with E-state index in [2.05, 4.69) is 6.58 Å². The van der Waals surface area contributed by atoms with Crippen molar-refractivity contribution in [3.63, 3.8) is 0 Å². The van der Waals surface area contributed by atoms with E-state index in [1.54, 1.807) is 6.08 Å². The Hall–Kier alpha value is -1.81. The summed E-state index contributed by atoms with van der Waals surface area (Å²) in [5.41, 5.74) is 6.96. The van der Waals surface area contributed by atoms with Gasteiger partial charge in [-0.05, 0) is 30.7 Å². The first-order chi connectivity index (χ1) is 7.61. The van der Waals surface area contributed by atoms with Crippen molar-refractivity contribution < 1.29 is 14.2 Å². The lowest BCUT2D eigenvalue weighted by atomic mass is 9.98. The van der Waals surface area contributed by atoms with Crippen LogP contribution in [0.15, 0.2) is 30.5 Å². The van der Waals surface area contributed by atoms with Gasteiger partial charge in [0.05, 0.1) is 0 Å². The van der Waals surface area contributed by atoms with Gasteiger partial charge < -0.3 is 15.6 Å². The smallest absolute Gasteiger partial charge is 0.165 e. The first-order valence-electron chi connectivity index (χ1n) is 4.92. The average Bonchev–Trinajstić information content (AvgIpc) is 2.21. The van der Waals surface area contributed by atoms with E-state index in [4.69, 9.17) is 10.5 Å². The highest BCUT2D eigenvalue weighted by atomic mass is 19.1. The Morgan fingerprint density at radius 2 is 2.19 bits per heavy atom. The van der Waals surface area contributed by atoms with Gasteiger partial charge in [0.25, 0.3) is 0 Å². The molecule has 4 heteroatoms. The second-order valence-electron chi connectivity index (χ2n) is 3.58. The van der Waals surface area contributed by atoms with Crippen LogP contribution in [0.3, 0.4) is 0 Å². The summed E-state index contributed by atoms with van der Waals surface area (Å²) in [5, 5.41) is 9.25. The van der Waals surface area contributed by atoms with Crippen molar-refractivity contribution in [2.75, 3.05) is 6.54 Å². The number of fused-ring (bicyclic) bond motifs is 1. The summed E-state index contributed by atoms with van der Waals surface area (Å²) < 4.78 is 18.5. The van der Waals surface area contributed by atoms with Gasteiger partial charge in [0.2, 0.25) is 0 Å². The number of hydrogen-bond acceptors (Lipinski definition) is 3. The first-order valence-corrected chi connectivity index (χ1v) is 4.92. The molecule has 84 valence electrons. The molecule has 3 N–H and O–H groups in total. The normalized spacial score (nSPS) is 14.1. The van der Waals surface area contributed by atoms with E-state index in [0.29, 0.717) is 30.0 Å². The molecule has 0 saturated carbocycles. The van der Waals surface area contributed by atoms with Crippen LogP contribution in [0.5, 0.6) is 11.5 Å². The largest absolute Gasteiger partial charge is 0.505 e. The number of hydrogen-bond donors (Lipinski definition) is 2. The van der Waals surface area contributed by atoms with Crippen LogP contribution in [0.2, 0.25) is 0 Å². The van der Waals surface area contributed by atoms with Crippen molar-refractivity contribution in [3.05, 3.63) is 41.9 Å². The van der Waals surface area contributed by atoms with E-state index >= 15 is 0 Å². The number of aromatic hydroxyl groups is 1. The van der Waals surface area contributed by atoms with Crippen LogP contribution in [0, 0.1) is 5.82 Å². The highest BCUT2D eigenvalue weighted by molar-refractivity contribution is 5.75. The average molecular weight is 221 g/mol. The zero-order valence-corrected chi connectivity index (χ0v) is 8.66. The zero-order chi connectivity index (χ0) is 11.7. The molecule has 0 aromatic heterocycles. The van der Waals surface area contributed by atoms with Crippen LogP contribution in [-0.2, 0) is 0 Å². The lowest BCUT2D eigenvalue weighted by molar-refractivity contribution is 0.409. The fourth-order valence-corrected chi connectivity index (χ4v) is 1.68. The molecule has 2 rings (SSSR count). The quantitative estimate of drug-likeness (QED) is 0.804. The first kappa shape index (κ1) is 10.7. The lowest BCUT2D eigenvalue weighted by Crippen LogP contribution is -2.07. The molecule has 0 spiro atoms. The minimum Gasteiger partial charge on any atom is -0.505 e. The zero-order valence-electron chi connectivity index (χ0n) is 8.66. The van der Waals surface area contributed by atoms with E-state index in [1.165, 1.54) is 12.1 Å². The molecule has 1 aromatic rings. The van der Waals surface area contributed by atoms with E-state index in [9.17, 15) is 9.50 Å². The van der Waals surface area contributed by atoms with Crippen LogP contribution >= 0.6 is 0 Å². The summed E-state index contributed by atoms with van der Waals surface area (Å²) >= 11 is 0. The summed E-state index contributed by atoms with van der Waals surface area (Å²) in [6.07, 6.45) is 2.34. The predicted molar refractivity (Wildman–Crippen MR) is 59.5 cm³/mol. The Morgan fingerprint density at radius 1 is 1.44 bits per heavy atom. The van der Waals surface area contributed by atoms with Gasteiger partial charge in [-0.25, -0.2) is 4.39 Å². The predicted octanol–water partition coefficient (Wildman–Crippen LogP) is 2.17. The maximum Gasteiger partial charge on any atom is 0.165 e. The molecule has 1 aliphatic heterocycles. The number of ether oxygens (including phenoxy) is 1. The number of phenolic OH excluding ortho intramolecular Hbond substituents is 1. The van der Waals surface area contributed by atoms with Crippen LogP contribution in [0.25, 0.3) is 5.57 Å². The standard InChI is InChI=1S/C12H12FNO2/c1-7-4-8(2-3-14)9-5-10(13)11(15)6-12(9)16-7/h4-6,15H,1-3,14H2. The van der Waals surface area contributed by atoms with E-state index < -0.39 is 11.6 Å². The number of halogens is 1. The number of nitrogens with two attached hydrogens (primary N) is 1. The highest BCUT2D eigenvalue weighted by Gasteiger charge is 2.18. The Kier molecular flexibility index (Phi) is 2.66. The van der Waals surface area contributed by atoms with Crippen LogP contribution < -0.4 is 10.5 Å². The molecule has 0 fully saturated rings. The molecule has 0 radical (unpaired) electrons. The van der Waals surface area contributed by atoms with Gasteiger partial charge in [0.1, 0.15) is 11.5 Å². The second-order valence-corrected chi connectivity index (χ2v) is 3.58. The molecule has 0 saturated heterocycles. The Labute approximate surface area is 92.6 Å². The van der Waals surface area contributed by atoms with Crippen molar-refractivity contribution >= 4 is 5.57 Å². The lowest BCUT2D eigenvalue weighted by Gasteiger charge is -2.19. The maximum absolute atomic E-state index is 13.2. The molecule has 0 amide bonds. The maximum atomic E-state index is 13.2. The van der Waals surface area contributed by atoms with Crippen molar-refractivity contribution in [2.45, 2.75) is 6.42 Å². The van der Waals surface area contributed by atoms with Crippen molar-refractivity contribution in [1.29, 1.82) is 0 Å². The van der Waals surface area contributed by atoms with Crippen molar-refractivity contribution in [1.82, 2.24) is 0 Å². The van der Waals surface area contributed by atoms with E-state index in [1.807, 2.05) is 0 Å². The fraction of sp³-hybridized carbons (Fsp3) is 0.167. The minimum absolute atomic E-state index is 0.412. The van der Waals surface area contributed by atoms with Crippen molar-refractivity contribution in [2.24, 2.45) is 5.73 Å². The number of phenols is 1. The Morgan fingerprint density at radius 3 is 2.88 bits per heavy atom. The number of rotatable bonds is 2. The molecule has 1 aliphatic rings. The second kappa shape index (κ2) is 3.98. The highest BCUT2D eigenvalue weighted by Crippen LogP contribution is 2.37. The van der Waals surface area contributed by atoms with Gasteiger partial charge in [-0.15, -0.1) is 0 Å². The molecule has 16 heavy (non-hydrogen) atoms. The third kappa shape index (κ3) is 1.79. The summed E-state index contributed by atoms with van der Waals surface area (Å²) in [6, 6.07) is 2.50. The molecular weight excluding hydrogens is 209 g/mol. The molecule has 1 heterocycles. The number of benzene rings is 1. The van der Waals surface area contributed by atoms with Gasteiger partial charge in [-0.2, -0.15) is 0 Å². The molecule has 3 nitrogen and oxygen atoms in total. The molecule has 0 unspecified atom stereocenters. The number of allylic oxidation sites excluding steroid dienone is 1. The third-order valence-electron chi connectivity index (χ3n) is 2.38. The summed E-state index contributed by atoms with van der Waals surface area (Å²) in [7, 11) is 0. The Bertz CT molecular complexity index is 480. The molecular formula is C12H12FNO2. The summed E-state index contributed by atoms with van der Waals surface area (Å²) in [4.78, 5) is 0. The van der Waals surface area contributed by atoms with Gasteiger partial charge in [0, 0.05) is 11.6 Å². The molecule has 0 aliphatic carbocycles. The van der Waals surface area contributed by atoms with Gasteiger partial charge in [-0.3, -0.25) is 0 Å². The van der Waals surface area contributed by atoms with Gasteiger partial charge in [0.15, 0.2) is 11.6 Å². The summed E-state index contributed by atoms with van der Waals surface area (Å²) in [6.45, 7) is 4.14. The molecule has 0 atom stereocenters. The van der Waals surface area contributed by atoms with Crippen LogP contribution in [0.1, 0.15) is 12.0 Å². The summed E-state index contributed by atoms with van der Waals surface area (Å²) in [5.74, 6) is -0.227. The molecule has 0 bridgehead atoms. The fourth-order valence-electron chi connectivity index (χ4n) is 1.68. The van der Waals surface area contributed by atoms with Gasteiger partial charge in [-0.1, -0.05) is 6.58 Å². The van der Waals surface area contributed by atoms with E-state index in [0.717, 1.165) is 5.57 Å². The van der Waals surface area contributed by atoms with Crippen molar-refractivity contribution in [3.8, 4) is 11.5 Å². The van der Waals surface area contributed by atoms with E-state index in [-0.39, 0.29) is 0 Å². The third-order valence-corrected chi connectivity index (χ3v) is 2.38.